The molecule has 1 unspecified atom stereocenters. The maximum Gasteiger partial charge on any atom is 0.191 e. The molecular weight excluding hydrogens is 402 g/mol. The molecule has 0 amide bonds. The van der Waals surface area contributed by atoms with Crippen LogP contribution in [0.25, 0.3) is 11.4 Å². The molecule has 0 aliphatic rings. The fraction of sp³-hybridized carbons (Fsp3) is 0.375. The summed E-state index contributed by atoms with van der Waals surface area (Å²) in [6.45, 7) is 7.59. The summed E-state index contributed by atoms with van der Waals surface area (Å²) >= 11 is 0. The highest BCUT2D eigenvalue weighted by Gasteiger charge is 2.18. The number of guanidine groups is 1. The van der Waals surface area contributed by atoms with E-state index in [0.29, 0.717) is 12.4 Å². The van der Waals surface area contributed by atoms with E-state index in [1.807, 2.05) is 30.3 Å². The number of nitrogens with zero attached hydrogens (tertiary/aromatic N) is 4. The Bertz CT molecular complexity index is 966. The van der Waals surface area contributed by atoms with Gasteiger partial charge in [0.25, 0.3) is 0 Å². The van der Waals surface area contributed by atoms with Crippen molar-refractivity contribution in [2.45, 2.75) is 26.4 Å². The van der Waals surface area contributed by atoms with Crippen molar-refractivity contribution in [3.8, 4) is 17.1 Å². The molecule has 32 heavy (non-hydrogen) atoms. The highest BCUT2D eigenvalue weighted by Crippen LogP contribution is 2.20. The highest BCUT2D eigenvalue weighted by atomic mass is 16.5. The predicted molar refractivity (Wildman–Crippen MR) is 129 cm³/mol. The first-order valence-corrected chi connectivity index (χ1v) is 11.0. The zero-order chi connectivity index (χ0) is 22.8. The van der Waals surface area contributed by atoms with E-state index in [0.717, 1.165) is 42.7 Å². The maximum absolute atomic E-state index is 5.20. The molecule has 0 saturated heterocycles. The molecule has 8 heteroatoms. The normalized spacial score (nSPS) is 12.6. The fourth-order valence-electron chi connectivity index (χ4n) is 3.62. The van der Waals surface area contributed by atoms with Crippen molar-refractivity contribution < 1.29 is 4.74 Å². The smallest absolute Gasteiger partial charge is 0.191 e. The van der Waals surface area contributed by atoms with E-state index < -0.39 is 0 Å². The quantitative estimate of drug-likeness (QED) is 0.335. The van der Waals surface area contributed by atoms with Gasteiger partial charge in [0.05, 0.1) is 19.7 Å². The van der Waals surface area contributed by atoms with Crippen molar-refractivity contribution in [1.82, 2.24) is 30.7 Å². The number of aromatic nitrogens is 3. The SMILES string of the molecule is CCN(CC)C(CNC(=NC)NCc1nc(-c2ccc(OC)cc2)n[nH]1)c1ccccc1. The Labute approximate surface area is 190 Å². The van der Waals surface area contributed by atoms with Gasteiger partial charge in [-0.15, -0.1) is 0 Å². The number of nitrogens with one attached hydrogen (secondary N) is 3. The van der Waals surface area contributed by atoms with Crippen LogP contribution in [-0.2, 0) is 6.54 Å². The number of aliphatic imine (C=N–C) groups is 1. The third-order valence-electron chi connectivity index (χ3n) is 5.43. The van der Waals surface area contributed by atoms with Gasteiger partial charge >= 0.3 is 0 Å². The van der Waals surface area contributed by atoms with Crippen LogP contribution in [0, 0.1) is 0 Å². The van der Waals surface area contributed by atoms with Gasteiger partial charge in [-0.1, -0.05) is 44.2 Å². The molecule has 0 radical (unpaired) electrons. The summed E-state index contributed by atoms with van der Waals surface area (Å²) < 4.78 is 5.20. The van der Waals surface area contributed by atoms with Crippen molar-refractivity contribution in [3.05, 3.63) is 66.0 Å². The van der Waals surface area contributed by atoms with E-state index >= 15 is 0 Å². The number of hydrogen-bond donors (Lipinski definition) is 3. The summed E-state index contributed by atoms with van der Waals surface area (Å²) in [7, 11) is 3.42. The molecule has 0 bridgehead atoms. The van der Waals surface area contributed by atoms with Crippen molar-refractivity contribution in [2.75, 3.05) is 33.8 Å². The van der Waals surface area contributed by atoms with Gasteiger partial charge in [-0.25, -0.2) is 4.98 Å². The van der Waals surface area contributed by atoms with Gasteiger partial charge in [0.15, 0.2) is 11.8 Å². The van der Waals surface area contributed by atoms with Crippen molar-refractivity contribution in [1.29, 1.82) is 0 Å². The largest absolute Gasteiger partial charge is 0.497 e. The molecule has 0 fully saturated rings. The van der Waals surface area contributed by atoms with Crippen LogP contribution in [0.1, 0.15) is 31.3 Å². The number of hydrogen-bond acceptors (Lipinski definition) is 5. The number of ether oxygens (including phenoxy) is 1. The van der Waals surface area contributed by atoms with Crippen LogP contribution in [0.15, 0.2) is 59.6 Å². The summed E-state index contributed by atoms with van der Waals surface area (Å²) in [6.07, 6.45) is 0. The number of rotatable bonds is 10. The minimum Gasteiger partial charge on any atom is -0.497 e. The first kappa shape index (κ1) is 23.3. The Balaban J connectivity index is 1.59. The van der Waals surface area contributed by atoms with Gasteiger partial charge in [0.2, 0.25) is 0 Å². The van der Waals surface area contributed by atoms with Crippen molar-refractivity contribution >= 4 is 5.96 Å². The number of likely N-dealkylation sites (N-methyl/N-ethyl adjacent to an activating group) is 1. The molecule has 1 heterocycles. The van der Waals surface area contributed by atoms with E-state index in [2.05, 4.69) is 73.8 Å². The summed E-state index contributed by atoms with van der Waals surface area (Å²) in [5, 5.41) is 14.1. The lowest BCUT2D eigenvalue weighted by Crippen LogP contribution is -2.43. The number of methoxy groups -OCH3 is 1. The molecule has 3 rings (SSSR count). The number of H-pyrrole nitrogens is 1. The van der Waals surface area contributed by atoms with Crippen LogP contribution >= 0.6 is 0 Å². The highest BCUT2D eigenvalue weighted by molar-refractivity contribution is 5.79. The molecule has 0 saturated carbocycles. The second kappa shape index (κ2) is 11.9. The average molecular weight is 436 g/mol. The number of aromatic amines is 1. The Kier molecular flexibility index (Phi) is 8.62. The topological polar surface area (TPSA) is 90.5 Å². The van der Waals surface area contributed by atoms with Gasteiger partial charge in [0, 0.05) is 19.2 Å². The molecule has 0 aliphatic heterocycles. The van der Waals surface area contributed by atoms with Crippen LogP contribution < -0.4 is 15.4 Å². The summed E-state index contributed by atoms with van der Waals surface area (Å²) in [5.74, 6) is 2.92. The molecule has 1 aromatic heterocycles. The Morgan fingerprint density at radius 2 is 1.78 bits per heavy atom. The second-order valence-corrected chi connectivity index (χ2v) is 7.29. The molecule has 3 aromatic rings. The van der Waals surface area contributed by atoms with Crippen LogP contribution in [0.3, 0.4) is 0 Å². The fourth-order valence-corrected chi connectivity index (χ4v) is 3.62. The van der Waals surface area contributed by atoms with Crippen molar-refractivity contribution in [3.63, 3.8) is 0 Å². The van der Waals surface area contributed by atoms with Gasteiger partial charge in [-0.2, -0.15) is 5.10 Å². The van der Waals surface area contributed by atoms with E-state index in [4.69, 9.17) is 4.74 Å². The van der Waals surface area contributed by atoms with Crippen molar-refractivity contribution in [2.24, 2.45) is 4.99 Å². The van der Waals surface area contributed by atoms with E-state index in [9.17, 15) is 0 Å². The molecule has 8 nitrogen and oxygen atoms in total. The zero-order valence-corrected chi connectivity index (χ0v) is 19.3. The van der Waals surface area contributed by atoms with Crippen LogP contribution in [0.2, 0.25) is 0 Å². The molecule has 2 aromatic carbocycles. The van der Waals surface area contributed by atoms with Gasteiger partial charge in [-0.05, 0) is 42.9 Å². The Morgan fingerprint density at radius 1 is 1.06 bits per heavy atom. The first-order valence-electron chi connectivity index (χ1n) is 11.0. The lowest BCUT2D eigenvalue weighted by molar-refractivity contribution is 0.219. The maximum atomic E-state index is 5.20. The van der Waals surface area contributed by atoms with Gasteiger partial charge < -0.3 is 15.4 Å². The van der Waals surface area contributed by atoms with E-state index in [-0.39, 0.29) is 6.04 Å². The molecular formula is C24H33N7O. The Morgan fingerprint density at radius 3 is 2.41 bits per heavy atom. The van der Waals surface area contributed by atoms with Crippen LogP contribution in [0.5, 0.6) is 5.75 Å². The molecule has 170 valence electrons. The van der Waals surface area contributed by atoms with Crippen LogP contribution in [0.4, 0.5) is 0 Å². The average Bonchev–Trinajstić information content (AvgIpc) is 3.33. The summed E-state index contributed by atoms with van der Waals surface area (Å²) in [6, 6.07) is 18.5. The number of benzene rings is 2. The summed E-state index contributed by atoms with van der Waals surface area (Å²) in [4.78, 5) is 11.4. The Hall–Kier alpha value is -3.39. The molecule has 0 aliphatic carbocycles. The zero-order valence-electron chi connectivity index (χ0n) is 19.3. The third-order valence-corrected chi connectivity index (χ3v) is 5.43. The molecule has 3 N–H and O–H groups in total. The lowest BCUT2D eigenvalue weighted by Gasteiger charge is -2.30. The summed E-state index contributed by atoms with van der Waals surface area (Å²) in [5.41, 5.74) is 2.22. The van der Waals surface area contributed by atoms with E-state index in [1.165, 1.54) is 5.56 Å². The first-order chi connectivity index (χ1) is 15.7. The van der Waals surface area contributed by atoms with Crippen LogP contribution in [-0.4, -0.2) is 59.8 Å². The monoisotopic (exact) mass is 435 g/mol. The van der Waals surface area contributed by atoms with Gasteiger partial charge in [0.1, 0.15) is 11.6 Å². The third kappa shape index (κ3) is 6.07. The molecule has 1 atom stereocenters. The minimum absolute atomic E-state index is 0.261. The molecule has 0 spiro atoms. The van der Waals surface area contributed by atoms with E-state index in [1.54, 1.807) is 14.2 Å². The minimum atomic E-state index is 0.261. The van der Waals surface area contributed by atoms with Gasteiger partial charge in [-0.3, -0.25) is 15.0 Å². The second-order valence-electron chi connectivity index (χ2n) is 7.29. The lowest BCUT2D eigenvalue weighted by atomic mass is 10.1. The predicted octanol–water partition coefficient (Wildman–Crippen LogP) is 3.23. The standard InChI is InChI=1S/C24H33N7O/c1-5-31(6-2)21(18-10-8-7-9-11-18)16-26-24(25-3)27-17-22-28-23(30-29-22)19-12-14-20(32-4)15-13-19/h7-15,21H,5-6,16-17H2,1-4H3,(H2,25,26,27)(H,28,29,30).